The van der Waals surface area contributed by atoms with E-state index in [0.29, 0.717) is 17.9 Å². The number of hydrogen-bond donors (Lipinski definition) is 1. The number of benzene rings is 1. The van der Waals surface area contributed by atoms with E-state index in [0.717, 1.165) is 31.2 Å². The second-order valence-electron chi connectivity index (χ2n) is 7.09. The van der Waals surface area contributed by atoms with Crippen molar-refractivity contribution in [2.24, 2.45) is 11.3 Å². The Morgan fingerprint density at radius 2 is 1.96 bits per heavy atom. The van der Waals surface area contributed by atoms with Crippen molar-refractivity contribution >= 4 is 11.9 Å². The van der Waals surface area contributed by atoms with Crippen LogP contribution in [0.25, 0.3) is 0 Å². The van der Waals surface area contributed by atoms with E-state index in [1.807, 2.05) is 12.1 Å². The number of carbonyl (C=O) groups is 2. The Morgan fingerprint density at radius 3 is 2.48 bits per heavy atom. The number of methoxy groups -OCH3 is 1. The van der Waals surface area contributed by atoms with Crippen LogP contribution in [0.1, 0.15) is 67.8 Å². The molecular weight excluding hydrogens is 292 g/mol. The van der Waals surface area contributed by atoms with Gasteiger partial charge in [-0.2, -0.15) is 0 Å². The van der Waals surface area contributed by atoms with E-state index < -0.39 is 11.4 Å². The standard InChI is InChI=1S/C19H26O4/c1-13(2)11-19(18(21)22)10-4-5-16(12-19)14-6-8-15(9-7-14)17(20)23-3/h6-9,13,16H,4-5,10-12H2,1-3H3,(H,21,22). The summed E-state index contributed by atoms with van der Waals surface area (Å²) in [5.41, 5.74) is 1.03. The minimum atomic E-state index is -0.665. The summed E-state index contributed by atoms with van der Waals surface area (Å²) >= 11 is 0. The highest BCUT2D eigenvalue weighted by molar-refractivity contribution is 5.89. The number of aliphatic carboxylic acids is 1. The molecule has 4 heteroatoms. The van der Waals surface area contributed by atoms with Crippen molar-refractivity contribution in [2.45, 2.75) is 51.9 Å². The van der Waals surface area contributed by atoms with Crippen LogP contribution in [0.5, 0.6) is 0 Å². The Balaban J connectivity index is 2.19. The summed E-state index contributed by atoms with van der Waals surface area (Å²) in [5, 5.41) is 9.79. The van der Waals surface area contributed by atoms with Gasteiger partial charge in [-0.25, -0.2) is 4.79 Å². The van der Waals surface area contributed by atoms with Crippen LogP contribution >= 0.6 is 0 Å². The van der Waals surface area contributed by atoms with Gasteiger partial charge in [-0.1, -0.05) is 32.4 Å². The highest BCUT2D eigenvalue weighted by Crippen LogP contribution is 2.47. The maximum absolute atomic E-state index is 11.9. The molecule has 0 amide bonds. The van der Waals surface area contributed by atoms with Crippen LogP contribution in [-0.2, 0) is 9.53 Å². The number of carboxylic acid groups (broad SMARTS) is 1. The van der Waals surface area contributed by atoms with Crippen molar-refractivity contribution < 1.29 is 19.4 Å². The second kappa shape index (κ2) is 7.16. The third-order valence-electron chi connectivity index (χ3n) is 4.90. The van der Waals surface area contributed by atoms with Crippen molar-refractivity contribution in [1.82, 2.24) is 0 Å². The van der Waals surface area contributed by atoms with Gasteiger partial charge in [0, 0.05) is 0 Å². The van der Waals surface area contributed by atoms with Gasteiger partial charge in [-0.15, -0.1) is 0 Å². The molecule has 2 atom stereocenters. The molecule has 23 heavy (non-hydrogen) atoms. The summed E-state index contributed by atoms with van der Waals surface area (Å²) in [7, 11) is 1.37. The molecule has 0 saturated heterocycles. The maximum atomic E-state index is 11.9. The minimum absolute atomic E-state index is 0.241. The third-order valence-corrected chi connectivity index (χ3v) is 4.90. The number of hydrogen-bond acceptors (Lipinski definition) is 3. The van der Waals surface area contributed by atoms with Gasteiger partial charge in [0.2, 0.25) is 0 Å². The molecule has 2 unspecified atom stereocenters. The first-order valence-electron chi connectivity index (χ1n) is 8.29. The van der Waals surface area contributed by atoms with Crippen LogP contribution in [0.3, 0.4) is 0 Å². The van der Waals surface area contributed by atoms with E-state index in [1.165, 1.54) is 7.11 Å². The van der Waals surface area contributed by atoms with E-state index in [4.69, 9.17) is 4.74 Å². The molecule has 1 aromatic rings. The SMILES string of the molecule is COC(=O)c1ccc(C2CCCC(CC(C)C)(C(=O)O)C2)cc1. The number of carboxylic acids is 1. The fraction of sp³-hybridized carbons (Fsp3) is 0.579. The molecule has 0 bridgehead atoms. The molecule has 0 aromatic heterocycles. The van der Waals surface area contributed by atoms with Crippen LogP contribution in [0.2, 0.25) is 0 Å². The Labute approximate surface area is 137 Å². The zero-order valence-corrected chi connectivity index (χ0v) is 14.2. The predicted molar refractivity (Wildman–Crippen MR) is 88.5 cm³/mol. The lowest BCUT2D eigenvalue weighted by atomic mass is 9.64. The highest BCUT2D eigenvalue weighted by atomic mass is 16.5. The predicted octanol–water partition coefficient (Wildman–Crippen LogP) is 4.25. The number of esters is 1. The molecule has 0 heterocycles. The average molecular weight is 318 g/mol. The van der Waals surface area contributed by atoms with E-state index in [9.17, 15) is 14.7 Å². The molecule has 0 radical (unpaired) electrons. The number of rotatable bonds is 5. The smallest absolute Gasteiger partial charge is 0.337 e. The van der Waals surface area contributed by atoms with Gasteiger partial charge in [0.25, 0.3) is 0 Å². The van der Waals surface area contributed by atoms with Crippen LogP contribution < -0.4 is 0 Å². The van der Waals surface area contributed by atoms with Crippen molar-refractivity contribution in [3.63, 3.8) is 0 Å². The molecule has 1 saturated carbocycles. The van der Waals surface area contributed by atoms with E-state index in [2.05, 4.69) is 13.8 Å². The number of carbonyl (C=O) groups excluding carboxylic acids is 1. The Bertz CT molecular complexity index is 561. The van der Waals surface area contributed by atoms with E-state index in [-0.39, 0.29) is 11.9 Å². The average Bonchev–Trinajstić information content (AvgIpc) is 2.53. The zero-order chi connectivity index (χ0) is 17.0. The molecule has 1 aromatic carbocycles. The Hall–Kier alpha value is -1.84. The van der Waals surface area contributed by atoms with Crippen molar-refractivity contribution in [3.05, 3.63) is 35.4 Å². The third kappa shape index (κ3) is 3.92. The first kappa shape index (κ1) is 17.5. The molecular formula is C19H26O4. The molecule has 1 fully saturated rings. The summed E-state index contributed by atoms with van der Waals surface area (Å²) in [6.07, 6.45) is 4.10. The quantitative estimate of drug-likeness (QED) is 0.824. The Morgan fingerprint density at radius 1 is 1.30 bits per heavy atom. The van der Waals surface area contributed by atoms with Gasteiger partial charge < -0.3 is 9.84 Å². The van der Waals surface area contributed by atoms with E-state index in [1.54, 1.807) is 12.1 Å². The number of ether oxygens (including phenoxy) is 1. The van der Waals surface area contributed by atoms with Gasteiger partial charge in [0.1, 0.15) is 0 Å². The minimum Gasteiger partial charge on any atom is -0.481 e. The van der Waals surface area contributed by atoms with Gasteiger partial charge in [0.05, 0.1) is 18.1 Å². The van der Waals surface area contributed by atoms with Crippen molar-refractivity contribution in [3.8, 4) is 0 Å². The summed E-state index contributed by atoms with van der Waals surface area (Å²) in [6.45, 7) is 4.17. The molecule has 1 N–H and O–H groups in total. The second-order valence-corrected chi connectivity index (χ2v) is 7.09. The molecule has 4 nitrogen and oxygen atoms in total. The molecule has 0 spiro atoms. The lowest BCUT2D eigenvalue weighted by molar-refractivity contribution is -0.152. The van der Waals surface area contributed by atoms with Crippen molar-refractivity contribution in [1.29, 1.82) is 0 Å². The molecule has 1 aliphatic rings. The topological polar surface area (TPSA) is 63.6 Å². The lowest BCUT2D eigenvalue weighted by Gasteiger charge is -2.39. The van der Waals surface area contributed by atoms with Gasteiger partial charge >= 0.3 is 11.9 Å². The maximum Gasteiger partial charge on any atom is 0.337 e. The van der Waals surface area contributed by atoms with E-state index >= 15 is 0 Å². The zero-order valence-electron chi connectivity index (χ0n) is 14.2. The van der Waals surface area contributed by atoms with Gasteiger partial charge in [-0.05, 0) is 55.2 Å². The molecule has 0 aliphatic heterocycles. The molecule has 1 aliphatic carbocycles. The van der Waals surface area contributed by atoms with Crippen LogP contribution in [-0.4, -0.2) is 24.2 Å². The van der Waals surface area contributed by atoms with Crippen LogP contribution in [0.4, 0.5) is 0 Å². The molecule has 2 rings (SSSR count). The monoisotopic (exact) mass is 318 g/mol. The molecule has 126 valence electrons. The largest absolute Gasteiger partial charge is 0.481 e. The first-order valence-corrected chi connectivity index (χ1v) is 8.29. The van der Waals surface area contributed by atoms with Crippen LogP contribution in [0, 0.1) is 11.3 Å². The summed E-state index contributed by atoms with van der Waals surface area (Å²) in [5.74, 6) is -0.404. The first-order chi connectivity index (χ1) is 10.9. The summed E-state index contributed by atoms with van der Waals surface area (Å²) in [4.78, 5) is 23.4. The van der Waals surface area contributed by atoms with Gasteiger partial charge in [-0.3, -0.25) is 4.79 Å². The van der Waals surface area contributed by atoms with Crippen LogP contribution in [0.15, 0.2) is 24.3 Å². The van der Waals surface area contributed by atoms with Gasteiger partial charge in [0.15, 0.2) is 0 Å². The Kier molecular flexibility index (Phi) is 5.45. The summed E-state index contributed by atoms with van der Waals surface area (Å²) < 4.78 is 4.71. The normalized spacial score (nSPS) is 24.4. The lowest BCUT2D eigenvalue weighted by Crippen LogP contribution is -2.37. The summed E-state index contributed by atoms with van der Waals surface area (Å²) in [6, 6.07) is 7.40. The fourth-order valence-electron chi connectivity index (χ4n) is 3.90. The highest BCUT2D eigenvalue weighted by Gasteiger charge is 2.43. The fourth-order valence-corrected chi connectivity index (χ4v) is 3.90. The van der Waals surface area contributed by atoms with Crippen molar-refractivity contribution in [2.75, 3.05) is 7.11 Å².